The molecule has 640 valence electrons. The number of H-pyrrole nitrogens is 2. The van der Waals surface area contributed by atoms with Crippen LogP contribution in [0, 0.1) is 92.7 Å². The summed E-state index contributed by atoms with van der Waals surface area (Å²) >= 11 is -4.96. The van der Waals surface area contributed by atoms with Crippen LogP contribution in [-0.4, -0.2) is 111 Å². The van der Waals surface area contributed by atoms with Crippen molar-refractivity contribution in [3.8, 4) is 0 Å². The number of aromatic nitrogens is 4. The molecule has 0 spiro atoms. The van der Waals surface area contributed by atoms with Crippen LogP contribution in [0.25, 0.3) is 33.7 Å². The van der Waals surface area contributed by atoms with E-state index in [2.05, 4.69) is 227 Å². The fraction of sp³-hybridized carbons (Fsp3) is 0.481. The number of hydrogen-bond acceptors (Lipinski definition) is 16. The van der Waals surface area contributed by atoms with Crippen molar-refractivity contribution < 1.29 is 16.4 Å². The second-order valence-electron chi connectivity index (χ2n) is 42.9. The number of allylic oxidation sites excluding steroid dienone is 4. The summed E-state index contributed by atoms with van der Waals surface area (Å²) in [5.41, 5.74) is 17.8. The SMILES string of the molecule is CC1(C)C2CCC(CO[Si]3(OCC4CCC5CC4C5(C)C)N4C5=Nc6[nH]c(c7c6C=CCC7)N=c6c7ccccc7c(n63)=NC3=NC(=NC4c4ccccc45)C4=C3C=CCC4)C1C2.CC1(C)C2CCC(C[O][Ge]3([O]CC4CCC5CC4C5(C)C)[N]4C5=Nc6[nH]c(c7c6C=CCC7)N=c6c7ccccc7c([n]63)=NC3=NC(=NC4c4ccccc45)C4=C3C=CCC4)C1C2. The Morgan fingerprint density at radius 3 is 1.29 bits per heavy atom. The summed E-state index contributed by atoms with van der Waals surface area (Å²) in [6.07, 6.45) is 39.1. The molecular formula is C104H112GeN16O4Si. The van der Waals surface area contributed by atoms with Crippen LogP contribution >= 0.6 is 0 Å². The van der Waals surface area contributed by atoms with Crippen molar-refractivity contribution in [3.05, 3.63) is 222 Å². The number of rotatable bonds is 12. The van der Waals surface area contributed by atoms with Crippen LogP contribution in [0.3, 0.4) is 0 Å². The van der Waals surface area contributed by atoms with Gasteiger partial charge in [0.15, 0.2) is 11.7 Å². The van der Waals surface area contributed by atoms with Crippen molar-refractivity contribution in [1.82, 2.24) is 26.1 Å². The molecule has 0 saturated heterocycles. The standard InChI is InChI=1S/C52H56GeN8O2.C52H56N8O2Si/c1-51(2)31-23-21-29(41(51)25-31)27-62-53(63-28-30-22-24-32-26-42(30)52(32,3)4)60-47-37-17-9-10-18-38(37)49(60)58-45-35-15-7-8-16-36(35)46(55-45)59-50-40-20-12-11-19-39(40)48(61(50)53)57-44-34-14-6-5-13-33(34)43(54-44)56-47;1-51(2)31-23-21-29(41(51)25-31)27-61-63(62-28-30-22-24-32-26-42(30)52(32,3)4)59-47-37-17-9-10-18-38(37)49(59)57-45-35-15-7-8-16-36(35)46(54-45)58-50-40-20-12-11-19-39(40)48(60(50)63)56-44-34-14-6-5-13-33(34)43(53-44)55-47/h5,8-13,16-20,29-32,41-42,48,55H,6-7,14-15,21-28H2,1-4H3;5,8-13,16-20,29-32,41-42,48,54H,6-7,14-15,21-28H2,1-4H3. The zero-order chi connectivity index (χ0) is 84.0. The first-order valence-corrected chi connectivity index (χ1v) is 53.3. The Hall–Kier alpha value is -9.62. The molecule has 22 heteroatoms. The molecule has 0 amide bonds. The van der Waals surface area contributed by atoms with E-state index in [1.165, 1.54) is 93.7 Å². The summed E-state index contributed by atoms with van der Waals surface area (Å²) in [6.45, 7) is 22.4. The van der Waals surface area contributed by atoms with Gasteiger partial charge in [-0.3, -0.25) is 8.80 Å². The van der Waals surface area contributed by atoms with Crippen LogP contribution in [-0.2, 0) is 29.2 Å². The van der Waals surface area contributed by atoms with E-state index in [1.807, 2.05) is 0 Å². The first-order valence-electron chi connectivity index (χ1n) is 48.0. The van der Waals surface area contributed by atoms with Gasteiger partial charge in [-0.05, 0) is 111 Å². The van der Waals surface area contributed by atoms with Gasteiger partial charge in [0, 0.05) is 57.4 Å². The van der Waals surface area contributed by atoms with E-state index in [4.69, 9.17) is 66.3 Å². The van der Waals surface area contributed by atoms with E-state index in [1.54, 1.807) is 0 Å². The van der Waals surface area contributed by atoms with Crippen molar-refractivity contribution in [2.75, 3.05) is 26.4 Å². The van der Waals surface area contributed by atoms with E-state index < -0.39 is 35.6 Å². The molecule has 32 rings (SSSR count). The normalized spacial score (nSPS) is 32.9. The van der Waals surface area contributed by atoms with Crippen molar-refractivity contribution >= 4 is 115 Å². The first-order chi connectivity index (χ1) is 61.4. The van der Waals surface area contributed by atoms with Gasteiger partial charge in [-0.15, -0.1) is 0 Å². The van der Waals surface area contributed by atoms with E-state index in [-0.39, 0.29) is 0 Å². The molecule has 4 aromatic heterocycles. The minimum atomic E-state index is -4.96. The van der Waals surface area contributed by atoms with Gasteiger partial charge in [0.2, 0.25) is 0 Å². The summed E-state index contributed by atoms with van der Waals surface area (Å²) in [5.74, 6) is 15.2. The quantitative estimate of drug-likeness (QED) is 0.114. The number of nitrogens with zero attached hydrogens (tertiary/aromatic N) is 14. The van der Waals surface area contributed by atoms with Gasteiger partial charge in [0.25, 0.3) is 0 Å². The Labute approximate surface area is 740 Å². The predicted molar refractivity (Wildman–Crippen MR) is 498 cm³/mol. The van der Waals surface area contributed by atoms with Gasteiger partial charge in [-0.1, -0.05) is 101 Å². The molecule has 14 atom stereocenters. The van der Waals surface area contributed by atoms with Crippen molar-refractivity contribution in [2.45, 2.75) is 196 Å². The van der Waals surface area contributed by atoms with Crippen molar-refractivity contribution in [2.24, 2.45) is 143 Å². The van der Waals surface area contributed by atoms with Crippen LogP contribution in [0.15, 0.2) is 206 Å². The molecule has 16 aliphatic carbocycles. The van der Waals surface area contributed by atoms with E-state index >= 15 is 0 Å². The summed E-state index contributed by atoms with van der Waals surface area (Å²) in [7, 11) is -4.09. The Balaban J connectivity index is 0.000000131. The molecule has 12 saturated carbocycles. The molecule has 4 aromatic carbocycles. The molecule has 8 aliphatic heterocycles. The van der Waals surface area contributed by atoms with Crippen molar-refractivity contribution in [3.63, 3.8) is 0 Å². The number of fused-ring (bicyclic) bond motifs is 36. The first kappa shape index (κ1) is 76.4. The van der Waals surface area contributed by atoms with Crippen LogP contribution < -0.4 is 22.0 Å². The Morgan fingerprint density at radius 2 is 0.794 bits per heavy atom. The molecule has 0 radical (unpaired) electrons. The van der Waals surface area contributed by atoms with E-state index in [0.717, 1.165) is 215 Å². The molecule has 24 aliphatic rings. The maximum atomic E-state index is 8.24. The maximum absolute atomic E-state index is 8.24. The number of amidine groups is 6. The third-order valence-electron chi connectivity index (χ3n) is 36.2. The van der Waals surface area contributed by atoms with Crippen LogP contribution in [0.1, 0.15) is 228 Å². The number of hydrogen-bond donors (Lipinski definition) is 2. The monoisotopic (exact) mass is 1750 g/mol. The minimum absolute atomic E-state index is 0.299. The van der Waals surface area contributed by atoms with Gasteiger partial charge in [0.05, 0.1) is 0 Å². The van der Waals surface area contributed by atoms with Gasteiger partial charge in [-0.25, -0.2) is 25.0 Å². The van der Waals surface area contributed by atoms with E-state index in [0.29, 0.717) is 107 Å². The topological polar surface area (TPSA) is 208 Å². The molecule has 20 nitrogen and oxygen atoms in total. The summed E-state index contributed by atoms with van der Waals surface area (Å²) in [4.78, 5) is 64.7. The molecule has 12 heterocycles. The molecule has 126 heavy (non-hydrogen) atoms. The number of benzene rings is 4. The van der Waals surface area contributed by atoms with Crippen molar-refractivity contribution in [1.29, 1.82) is 0 Å². The van der Waals surface area contributed by atoms with Gasteiger partial charge in [0.1, 0.15) is 34.6 Å². The summed E-state index contributed by atoms with van der Waals surface area (Å²) in [5, 5.41) is 4.11. The molecule has 12 fully saturated rings. The Bertz CT molecular complexity index is 6340. The zero-order valence-electron chi connectivity index (χ0n) is 73.8. The third-order valence-corrected chi connectivity index (χ3v) is 45.9. The predicted octanol–water partition coefficient (Wildman–Crippen LogP) is 19.7. The fourth-order valence-electron chi connectivity index (χ4n) is 28.5. The van der Waals surface area contributed by atoms with Gasteiger partial charge in [-0.2, -0.15) is 0 Å². The average molecular weight is 1750 g/mol. The Morgan fingerprint density at radius 1 is 0.397 bits per heavy atom. The second kappa shape index (κ2) is 27.5. The number of nitrogens with one attached hydrogen (secondary N) is 2. The molecule has 20 bridgehead atoms. The molecule has 2 N–H and O–H groups in total. The average Bonchev–Trinajstić information content (AvgIpc) is 1.49. The second-order valence-corrected chi connectivity index (χ2v) is 51.0. The molecule has 14 unspecified atom stereocenters. The third kappa shape index (κ3) is 10.7. The van der Waals surface area contributed by atoms with Crippen LogP contribution in [0.2, 0.25) is 0 Å². The van der Waals surface area contributed by atoms with Crippen LogP contribution in [0.4, 0.5) is 23.3 Å². The van der Waals surface area contributed by atoms with Gasteiger partial charge >= 0.3 is 383 Å². The van der Waals surface area contributed by atoms with E-state index in [9.17, 15) is 0 Å². The zero-order valence-corrected chi connectivity index (χ0v) is 76.9. The summed E-state index contributed by atoms with van der Waals surface area (Å²) in [6, 6.07) is 35.0. The fourth-order valence-corrected chi connectivity index (χ4v) is 39.4. The number of aliphatic imine (C=N–C) groups is 6. The molecule has 8 aromatic rings. The summed E-state index contributed by atoms with van der Waals surface area (Å²) < 4.78 is 42.6. The number of aromatic amines is 2. The van der Waals surface area contributed by atoms with Gasteiger partial charge < -0.3 is 13.8 Å². The Kier molecular flexibility index (Phi) is 16.7. The molecular weight excluding hydrogens is 1640 g/mol. The van der Waals surface area contributed by atoms with Crippen LogP contribution in [0.5, 0.6) is 0 Å².